The molecule has 0 bridgehead atoms. The number of rotatable bonds is 4. The largest absolute Gasteiger partial charge is 0.393 e. The topological polar surface area (TPSA) is 20.2 Å². The van der Waals surface area contributed by atoms with Crippen LogP contribution in [0.2, 0.25) is 0 Å². The van der Waals surface area contributed by atoms with Crippen molar-refractivity contribution in [3.63, 3.8) is 0 Å². The van der Waals surface area contributed by atoms with Crippen molar-refractivity contribution in [2.45, 2.75) is 58.2 Å². The van der Waals surface area contributed by atoms with Crippen molar-refractivity contribution < 1.29 is 18.3 Å². The zero-order valence-electron chi connectivity index (χ0n) is 10.4. The molecule has 1 N–H and O–H groups in total. The summed E-state index contributed by atoms with van der Waals surface area (Å²) in [4.78, 5) is 0. The average molecular weight is 250 g/mol. The summed E-state index contributed by atoms with van der Waals surface area (Å²) >= 11 is 0. The van der Waals surface area contributed by atoms with Crippen LogP contribution >= 0.6 is 0 Å². The quantitative estimate of drug-likeness (QED) is 0.746. The lowest BCUT2D eigenvalue weighted by Crippen LogP contribution is -2.25. The highest BCUT2D eigenvalue weighted by atomic mass is 19.4. The molecule has 3 unspecified atom stereocenters. The molecule has 17 heavy (non-hydrogen) atoms. The van der Waals surface area contributed by atoms with E-state index in [1.54, 1.807) is 0 Å². The summed E-state index contributed by atoms with van der Waals surface area (Å²) < 4.78 is 35.9. The Balaban J connectivity index is 2.33. The highest BCUT2D eigenvalue weighted by Crippen LogP contribution is 2.32. The summed E-state index contributed by atoms with van der Waals surface area (Å²) in [6.07, 6.45) is -1.33. The summed E-state index contributed by atoms with van der Waals surface area (Å²) in [6.45, 7) is 4.10. The van der Waals surface area contributed by atoms with Crippen LogP contribution in [0.25, 0.3) is 0 Å². The lowest BCUT2D eigenvalue weighted by Gasteiger charge is -2.29. The molecule has 0 aromatic heterocycles. The van der Waals surface area contributed by atoms with Crippen LogP contribution in [0.1, 0.15) is 46.0 Å². The number of hydrogen-bond donors (Lipinski definition) is 1. The van der Waals surface area contributed by atoms with Gasteiger partial charge in [-0.25, -0.2) is 0 Å². The Labute approximate surface area is 101 Å². The molecule has 4 heteroatoms. The van der Waals surface area contributed by atoms with Crippen LogP contribution in [0.15, 0.2) is 11.6 Å². The minimum absolute atomic E-state index is 0.0261. The summed E-state index contributed by atoms with van der Waals surface area (Å²) in [5.74, 6) is 0.550. The molecular formula is C13H21F3O. The number of allylic oxidation sites excluding steroid dienone is 2. The molecule has 100 valence electrons. The van der Waals surface area contributed by atoms with Crippen molar-refractivity contribution in [1.29, 1.82) is 0 Å². The number of alkyl halides is 3. The molecule has 0 aromatic carbocycles. The van der Waals surface area contributed by atoms with Gasteiger partial charge in [-0.3, -0.25) is 0 Å². The van der Waals surface area contributed by atoms with E-state index in [2.05, 4.69) is 13.0 Å². The molecule has 1 nitrogen and oxygen atoms in total. The first-order chi connectivity index (χ1) is 7.78. The molecule has 1 aliphatic rings. The highest BCUT2D eigenvalue weighted by molar-refractivity contribution is 5.07. The maximum Gasteiger partial charge on any atom is 0.389 e. The van der Waals surface area contributed by atoms with Crippen LogP contribution in [0.5, 0.6) is 0 Å². The van der Waals surface area contributed by atoms with E-state index in [9.17, 15) is 18.3 Å². The second-order valence-corrected chi connectivity index (χ2v) is 5.26. The second-order valence-electron chi connectivity index (χ2n) is 5.26. The molecule has 0 fully saturated rings. The fraction of sp³-hybridized carbons (Fsp3) is 0.846. The summed E-state index contributed by atoms with van der Waals surface area (Å²) in [6, 6.07) is 0. The normalized spacial score (nSPS) is 27.8. The third-order valence-corrected chi connectivity index (χ3v) is 3.33. The van der Waals surface area contributed by atoms with Crippen molar-refractivity contribution in [2.75, 3.05) is 0 Å². The Morgan fingerprint density at radius 1 is 1.47 bits per heavy atom. The van der Waals surface area contributed by atoms with Gasteiger partial charge in [0.25, 0.3) is 0 Å². The minimum Gasteiger partial charge on any atom is -0.393 e. The van der Waals surface area contributed by atoms with Gasteiger partial charge in [0.2, 0.25) is 0 Å². The van der Waals surface area contributed by atoms with Gasteiger partial charge in [-0.15, -0.1) is 0 Å². The molecule has 0 aliphatic heterocycles. The van der Waals surface area contributed by atoms with Gasteiger partial charge in [0, 0.05) is 6.42 Å². The Morgan fingerprint density at radius 2 is 2.12 bits per heavy atom. The smallest absolute Gasteiger partial charge is 0.389 e. The van der Waals surface area contributed by atoms with Crippen molar-refractivity contribution in [2.24, 2.45) is 11.8 Å². The van der Waals surface area contributed by atoms with Gasteiger partial charge in [0.15, 0.2) is 0 Å². The lowest BCUT2D eigenvalue weighted by atomic mass is 9.79. The SMILES string of the molecule is CC1=CC(C)CC(C(O)CCCC(F)(F)F)C1. The zero-order chi connectivity index (χ0) is 13.1. The van der Waals surface area contributed by atoms with Crippen LogP contribution in [0.3, 0.4) is 0 Å². The molecule has 0 spiro atoms. The van der Waals surface area contributed by atoms with Gasteiger partial charge in [-0.05, 0) is 44.4 Å². The van der Waals surface area contributed by atoms with E-state index < -0.39 is 18.7 Å². The van der Waals surface area contributed by atoms with Gasteiger partial charge >= 0.3 is 6.18 Å². The van der Waals surface area contributed by atoms with Gasteiger partial charge in [-0.1, -0.05) is 18.6 Å². The van der Waals surface area contributed by atoms with Crippen LogP contribution in [0.4, 0.5) is 13.2 Å². The Kier molecular flexibility index (Phi) is 5.04. The van der Waals surface area contributed by atoms with E-state index in [-0.39, 0.29) is 18.8 Å². The molecule has 0 radical (unpaired) electrons. The van der Waals surface area contributed by atoms with Crippen molar-refractivity contribution in [1.82, 2.24) is 0 Å². The first-order valence-corrected chi connectivity index (χ1v) is 6.20. The number of aliphatic hydroxyl groups excluding tert-OH is 1. The molecule has 0 aromatic rings. The Morgan fingerprint density at radius 3 is 2.65 bits per heavy atom. The number of aliphatic hydroxyl groups is 1. The molecule has 0 amide bonds. The van der Waals surface area contributed by atoms with Crippen molar-refractivity contribution in [3.8, 4) is 0 Å². The first-order valence-electron chi connectivity index (χ1n) is 6.20. The maximum absolute atomic E-state index is 12.0. The third-order valence-electron chi connectivity index (χ3n) is 3.33. The predicted octanol–water partition coefficient (Wildman–Crippen LogP) is 4.07. The molecular weight excluding hydrogens is 229 g/mol. The lowest BCUT2D eigenvalue weighted by molar-refractivity contribution is -0.136. The first kappa shape index (κ1) is 14.6. The van der Waals surface area contributed by atoms with Crippen molar-refractivity contribution >= 4 is 0 Å². The number of hydrogen-bond acceptors (Lipinski definition) is 1. The molecule has 1 aliphatic carbocycles. The van der Waals surface area contributed by atoms with Gasteiger partial charge in [0.05, 0.1) is 6.10 Å². The zero-order valence-corrected chi connectivity index (χ0v) is 10.4. The van der Waals surface area contributed by atoms with Gasteiger partial charge < -0.3 is 5.11 Å². The summed E-state index contributed by atoms with van der Waals surface area (Å²) in [5, 5.41) is 9.91. The molecule has 0 heterocycles. The fourth-order valence-electron chi connectivity index (χ4n) is 2.64. The Bertz CT molecular complexity index is 270. The highest BCUT2D eigenvalue weighted by Gasteiger charge is 2.29. The average Bonchev–Trinajstić information content (AvgIpc) is 2.13. The van der Waals surface area contributed by atoms with E-state index in [1.165, 1.54) is 5.57 Å². The molecule has 0 saturated carbocycles. The van der Waals surface area contributed by atoms with Gasteiger partial charge in [-0.2, -0.15) is 13.2 Å². The Hall–Kier alpha value is -0.510. The third kappa shape index (κ3) is 5.57. The monoisotopic (exact) mass is 250 g/mol. The standard InChI is InChI=1S/C13H21F3O/c1-9-6-10(2)8-11(7-9)12(17)4-3-5-13(14,15)16/h6,9,11-12,17H,3-5,7-8H2,1-2H3. The van der Waals surface area contributed by atoms with E-state index in [0.717, 1.165) is 12.8 Å². The van der Waals surface area contributed by atoms with E-state index in [4.69, 9.17) is 0 Å². The van der Waals surface area contributed by atoms with Crippen LogP contribution in [-0.2, 0) is 0 Å². The van der Waals surface area contributed by atoms with Gasteiger partial charge in [0.1, 0.15) is 0 Å². The van der Waals surface area contributed by atoms with E-state index >= 15 is 0 Å². The summed E-state index contributed by atoms with van der Waals surface area (Å²) in [5.41, 5.74) is 1.24. The number of halogens is 3. The van der Waals surface area contributed by atoms with Crippen molar-refractivity contribution in [3.05, 3.63) is 11.6 Å². The van der Waals surface area contributed by atoms with Crippen LogP contribution in [-0.4, -0.2) is 17.4 Å². The summed E-state index contributed by atoms with van der Waals surface area (Å²) in [7, 11) is 0. The molecule has 1 rings (SSSR count). The van der Waals surface area contributed by atoms with E-state index in [0.29, 0.717) is 5.92 Å². The fourth-order valence-corrected chi connectivity index (χ4v) is 2.64. The van der Waals surface area contributed by atoms with E-state index in [1.807, 2.05) is 6.92 Å². The predicted molar refractivity (Wildman–Crippen MR) is 61.6 cm³/mol. The second kappa shape index (κ2) is 5.89. The van der Waals surface area contributed by atoms with Crippen LogP contribution < -0.4 is 0 Å². The van der Waals surface area contributed by atoms with Crippen LogP contribution in [0, 0.1) is 11.8 Å². The molecule has 0 saturated heterocycles. The minimum atomic E-state index is -4.10. The molecule has 3 atom stereocenters. The maximum atomic E-state index is 12.0.